The molecular formula is C14H21N3O2. The molecule has 0 radical (unpaired) electrons. The largest absolute Gasteiger partial charge is 0.492 e. The molecule has 104 valence electrons. The van der Waals surface area contributed by atoms with Crippen molar-refractivity contribution in [3.05, 3.63) is 29.8 Å². The Kier molecular flexibility index (Phi) is 5.03. The number of carbonyl (C=O) groups excluding carboxylic acids is 1. The number of hydrogen-bond donors (Lipinski definition) is 2. The van der Waals surface area contributed by atoms with Crippen LogP contribution in [-0.4, -0.2) is 50.3 Å². The number of amides is 2. The normalized spacial score (nSPS) is 15.1. The quantitative estimate of drug-likeness (QED) is 0.797. The van der Waals surface area contributed by atoms with Crippen LogP contribution in [0.3, 0.4) is 0 Å². The van der Waals surface area contributed by atoms with E-state index in [1.54, 1.807) is 0 Å². The number of urea groups is 1. The average molecular weight is 263 g/mol. The molecule has 0 bridgehead atoms. The number of nitrogens with zero attached hydrogens (tertiary/aromatic N) is 1. The maximum atomic E-state index is 11.8. The van der Waals surface area contributed by atoms with Crippen molar-refractivity contribution < 1.29 is 9.53 Å². The topological polar surface area (TPSA) is 53.6 Å². The lowest BCUT2D eigenvalue weighted by atomic mass is 10.2. The van der Waals surface area contributed by atoms with Gasteiger partial charge in [-0.1, -0.05) is 17.7 Å². The highest BCUT2D eigenvalue weighted by Crippen LogP contribution is 2.10. The lowest BCUT2D eigenvalue weighted by Crippen LogP contribution is -2.50. The lowest BCUT2D eigenvalue weighted by molar-refractivity contribution is 0.187. The van der Waals surface area contributed by atoms with E-state index in [0.717, 1.165) is 31.9 Å². The Hall–Kier alpha value is -1.75. The van der Waals surface area contributed by atoms with Gasteiger partial charge < -0.3 is 20.3 Å². The first-order chi connectivity index (χ1) is 9.25. The van der Waals surface area contributed by atoms with Gasteiger partial charge >= 0.3 is 6.03 Å². The third-order valence-corrected chi connectivity index (χ3v) is 3.07. The Morgan fingerprint density at radius 2 is 2.00 bits per heavy atom. The fraction of sp³-hybridized carbons (Fsp3) is 0.500. The summed E-state index contributed by atoms with van der Waals surface area (Å²) in [7, 11) is 0. The Bertz CT molecular complexity index is 400. The molecule has 1 saturated heterocycles. The molecular weight excluding hydrogens is 242 g/mol. The number of ether oxygens (including phenoxy) is 1. The summed E-state index contributed by atoms with van der Waals surface area (Å²) in [6, 6.07) is 7.89. The Balaban J connectivity index is 1.63. The predicted octanol–water partition coefficient (Wildman–Crippen LogP) is 0.989. The van der Waals surface area contributed by atoms with Crippen molar-refractivity contribution in [3.63, 3.8) is 0 Å². The molecule has 19 heavy (non-hydrogen) atoms. The molecule has 1 aromatic rings. The zero-order chi connectivity index (χ0) is 13.5. The SMILES string of the molecule is Cc1ccc(OCCNC(=O)N2CCNCC2)cc1. The van der Waals surface area contributed by atoms with E-state index in [1.165, 1.54) is 5.56 Å². The zero-order valence-corrected chi connectivity index (χ0v) is 11.3. The molecule has 1 aliphatic heterocycles. The van der Waals surface area contributed by atoms with Crippen molar-refractivity contribution in [3.8, 4) is 5.75 Å². The molecule has 0 unspecified atom stereocenters. The summed E-state index contributed by atoms with van der Waals surface area (Å²) in [5.41, 5.74) is 1.21. The molecule has 2 N–H and O–H groups in total. The van der Waals surface area contributed by atoms with Gasteiger partial charge in [0.1, 0.15) is 12.4 Å². The summed E-state index contributed by atoms with van der Waals surface area (Å²) in [4.78, 5) is 13.6. The number of benzene rings is 1. The van der Waals surface area contributed by atoms with Gasteiger partial charge in [-0.2, -0.15) is 0 Å². The van der Waals surface area contributed by atoms with E-state index >= 15 is 0 Å². The molecule has 0 aliphatic carbocycles. The van der Waals surface area contributed by atoms with Crippen LogP contribution in [0, 0.1) is 6.92 Å². The van der Waals surface area contributed by atoms with Gasteiger partial charge in [-0.25, -0.2) is 4.79 Å². The van der Waals surface area contributed by atoms with Gasteiger partial charge in [0.05, 0.1) is 6.54 Å². The summed E-state index contributed by atoms with van der Waals surface area (Å²) in [6.45, 7) is 6.32. The third-order valence-electron chi connectivity index (χ3n) is 3.07. The van der Waals surface area contributed by atoms with Gasteiger partial charge in [0.2, 0.25) is 0 Å². The van der Waals surface area contributed by atoms with Gasteiger partial charge in [-0.3, -0.25) is 0 Å². The van der Waals surface area contributed by atoms with Crippen LogP contribution in [0.1, 0.15) is 5.56 Å². The standard InChI is InChI=1S/C14H21N3O2/c1-12-2-4-13(5-3-12)19-11-8-16-14(18)17-9-6-15-7-10-17/h2-5,15H,6-11H2,1H3,(H,16,18). The maximum absolute atomic E-state index is 11.8. The number of carbonyl (C=O) groups is 1. The van der Waals surface area contributed by atoms with Crippen LogP contribution in [0.4, 0.5) is 4.79 Å². The van der Waals surface area contributed by atoms with Crippen LogP contribution < -0.4 is 15.4 Å². The first-order valence-corrected chi connectivity index (χ1v) is 6.69. The molecule has 1 aliphatic rings. The fourth-order valence-corrected chi connectivity index (χ4v) is 1.94. The molecule has 1 heterocycles. The van der Waals surface area contributed by atoms with Crippen LogP contribution in [0.15, 0.2) is 24.3 Å². The van der Waals surface area contributed by atoms with Crippen molar-refractivity contribution in [2.45, 2.75) is 6.92 Å². The first-order valence-electron chi connectivity index (χ1n) is 6.69. The second-order valence-corrected chi connectivity index (χ2v) is 4.63. The highest BCUT2D eigenvalue weighted by molar-refractivity contribution is 5.74. The number of nitrogens with one attached hydrogen (secondary N) is 2. The molecule has 0 atom stereocenters. The highest BCUT2D eigenvalue weighted by Gasteiger charge is 2.14. The number of rotatable bonds is 4. The van der Waals surface area contributed by atoms with E-state index in [9.17, 15) is 4.79 Å². The molecule has 0 spiro atoms. The summed E-state index contributed by atoms with van der Waals surface area (Å²) >= 11 is 0. The molecule has 2 rings (SSSR count). The van der Waals surface area contributed by atoms with Crippen molar-refractivity contribution in [2.24, 2.45) is 0 Å². The highest BCUT2D eigenvalue weighted by atomic mass is 16.5. The minimum absolute atomic E-state index is 0.00555. The second kappa shape index (κ2) is 6.99. The molecule has 0 aromatic heterocycles. The number of aryl methyl sites for hydroxylation is 1. The van der Waals surface area contributed by atoms with Crippen LogP contribution in [-0.2, 0) is 0 Å². The second-order valence-electron chi connectivity index (χ2n) is 4.63. The van der Waals surface area contributed by atoms with Crippen LogP contribution in [0.25, 0.3) is 0 Å². The molecule has 1 aromatic carbocycles. The first kappa shape index (κ1) is 13.7. The van der Waals surface area contributed by atoms with E-state index in [2.05, 4.69) is 10.6 Å². The third kappa shape index (κ3) is 4.44. The van der Waals surface area contributed by atoms with Crippen molar-refractivity contribution in [1.82, 2.24) is 15.5 Å². The molecule has 5 heteroatoms. The number of piperazine rings is 1. The van der Waals surface area contributed by atoms with Crippen LogP contribution in [0.5, 0.6) is 5.75 Å². The summed E-state index contributed by atoms with van der Waals surface area (Å²) in [5.74, 6) is 0.835. The predicted molar refractivity (Wildman–Crippen MR) is 74.5 cm³/mol. The van der Waals surface area contributed by atoms with Crippen LogP contribution in [0.2, 0.25) is 0 Å². The van der Waals surface area contributed by atoms with E-state index in [0.29, 0.717) is 13.2 Å². The fourth-order valence-electron chi connectivity index (χ4n) is 1.94. The maximum Gasteiger partial charge on any atom is 0.317 e. The Morgan fingerprint density at radius 1 is 1.32 bits per heavy atom. The zero-order valence-electron chi connectivity index (χ0n) is 11.3. The molecule has 5 nitrogen and oxygen atoms in total. The van der Waals surface area contributed by atoms with E-state index in [1.807, 2.05) is 36.1 Å². The number of hydrogen-bond acceptors (Lipinski definition) is 3. The van der Waals surface area contributed by atoms with Gasteiger partial charge in [0.25, 0.3) is 0 Å². The summed E-state index contributed by atoms with van der Waals surface area (Å²) in [6.07, 6.45) is 0. The van der Waals surface area contributed by atoms with Gasteiger partial charge in [0, 0.05) is 26.2 Å². The molecule has 2 amide bonds. The Morgan fingerprint density at radius 3 is 2.68 bits per heavy atom. The van der Waals surface area contributed by atoms with Crippen molar-refractivity contribution >= 4 is 6.03 Å². The smallest absolute Gasteiger partial charge is 0.317 e. The molecule has 1 fully saturated rings. The van der Waals surface area contributed by atoms with Crippen molar-refractivity contribution in [1.29, 1.82) is 0 Å². The monoisotopic (exact) mass is 263 g/mol. The summed E-state index contributed by atoms with van der Waals surface area (Å²) < 4.78 is 5.55. The van der Waals surface area contributed by atoms with Gasteiger partial charge in [0.15, 0.2) is 0 Å². The minimum Gasteiger partial charge on any atom is -0.492 e. The van der Waals surface area contributed by atoms with Crippen LogP contribution >= 0.6 is 0 Å². The van der Waals surface area contributed by atoms with E-state index < -0.39 is 0 Å². The van der Waals surface area contributed by atoms with Crippen molar-refractivity contribution in [2.75, 3.05) is 39.3 Å². The Labute approximate surface area is 113 Å². The van der Waals surface area contributed by atoms with Gasteiger partial charge in [-0.15, -0.1) is 0 Å². The van der Waals surface area contributed by atoms with Gasteiger partial charge in [-0.05, 0) is 19.1 Å². The minimum atomic E-state index is -0.00555. The van der Waals surface area contributed by atoms with E-state index in [-0.39, 0.29) is 6.03 Å². The molecule has 0 saturated carbocycles. The average Bonchev–Trinajstić information content (AvgIpc) is 2.46. The van der Waals surface area contributed by atoms with E-state index in [4.69, 9.17) is 4.74 Å². The lowest BCUT2D eigenvalue weighted by Gasteiger charge is -2.27. The summed E-state index contributed by atoms with van der Waals surface area (Å²) in [5, 5.41) is 6.08.